The minimum Gasteiger partial charge on any atom is -0.394 e. The number of halogens is 1. The summed E-state index contributed by atoms with van der Waals surface area (Å²) < 4.78 is 1.63. The lowest BCUT2D eigenvalue weighted by Crippen LogP contribution is -2.44. The van der Waals surface area contributed by atoms with E-state index < -0.39 is 6.04 Å². The number of carbonyl (C=O) groups excluding carboxylic acids is 1. The third-order valence-electron chi connectivity index (χ3n) is 3.07. The highest BCUT2D eigenvalue weighted by Crippen LogP contribution is 2.16. The molecule has 2 atom stereocenters. The first-order chi connectivity index (χ1) is 10.6. The first-order valence-electron chi connectivity index (χ1n) is 6.84. The van der Waals surface area contributed by atoms with E-state index in [1.807, 2.05) is 6.92 Å². The summed E-state index contributed by atoms with van der Waals surface area (Å²) in [6.07, 6.45) is 3.02. The average molecular weight is 324 g/mol. The monoisotopic (exact) mass is 323 g/mol. The van der Waals surface area contributed by atoms with Crippen molar-refractivity contribution in [1.82, 2.24) is 25.4 Å². The maximum atomic E-state index is 12.0. The van der Waals surface area contributed by atoms with Gasteiger partial charge in [0.25, 0.3) is 0 Å². The zero-order valence-electron chi connectivity index (χ0n) is 12.1. The van der Waals surface area contributed by atoms with E-state index in [0.717, 1.165) is 5.56 Å². The van der Waals surface area contributed by atoms with Gasteiger partial charge in [-0.2, -0.15) is 5.10 Å². The smallest absolute Gasteiger partial charge is 0.315 e. The van der Waals surface area contributed by atoms with Crippen molar-refractivity contribution in [3.05, 3.63) is 47.5 Å². The van der Waals surface area contributed by atoms with Gasteiger partial charge in [0.1, 0.15) is 12.7 Å². The zero-order valence-corrected chi connectivity index (χ0v) is 12.9. The zero-order chi connectivity index (χ0) is 15.9. The summed E-state index contributed by atoms with van der Waals surface area (Å²) in [5.74, 6) is 0. The minimum absolute atomic E-state index is 0.133. The minimum atomic E-state index is -0.490. The van der Waals surface area contributed by atoms with Crippen LogP contribution in [0, 0.1) is 0 Å². The van der Waals surface area contributed by atoms with Gasteiger partial charge < -0.3 is 15.7 Å². The Labute approximate surface area is 133 Å². The van der Waals surface area contributed by atoms with Crippen LogP contribution in [0.25, 0.3) is 0 Å². The van der Waals surface area contributed by atoms with Crippen molar-refractivity contribution in [2.24, 2.45) is 0 Å². The Morgan fingerprint density at radius 2 is 2.09 bits per heavy atom. The molecule has 1 aromatic carbocycles. The Morgan fingerprint density at radius 1 is 1.36 bits per heavy atom. The first-order valence-corrected chi connectivity index (χ1v) is 7.22. The number of aliphatic hydroxyl groups excluding tert-OH is 1. The van der Waals surface area contributed by atoms with Gasteiger partial charge in [0.15, 0.2) is 0 Å². The number of hydrogen-bond donors (Lipinski definition) is 3. The maximum Gasteiger partial charge on any atom is 0.315 e. The molecule has 0 saturated carbocycles. The van der Waals surface area contributed by atoms with Gasteiger partial charge in [0.05, 0.1) is 19.2 Å². The van der Waals surface area contributed by atoms with Crippen LogP contribution >= 0.6 is 11.6 Å². The highest BCUT2D eigenvalue weighted by Gasteiger charge is 2.15. The van der Waals surface area contributed by atoms with Gasteiger partial charge in [-0.25, -0.2) is 9.78 Å². The van der Waals surface area contributed by atoms with Crippen LogP contribution in [-0.4, -0.2) is 38.6 Å². The van der Waals surface area contributed by atoms with E-state index in [2.05, 4.69) is 20.7 Å². The SMILES string of the molecule is CC(Cn1cncn1)NC(=O)NC(CO)c1ccc(Cl)cc1. The Kier molecular flexibility index (Phi) is 5.74. The summed E-state index contributed by atoms with van der Waals surface area (Å²) >= 11 is 5.83. The Hall–Kier alpha value is -2.12. The summed E-state index contributed by atoms with van der Waals surface area (Å²) in [5, 5.41) is 19.5. The van der Waals surface area contributed by atoms with Gasteiger partial charge in [0, 0.05) is 11.1 Å². The molecular formula is C14H18ClN5O2. The van der Waals surface area contributed by atoms with Gasteiger partial charge in [-0.1, -0.05) is 23.7 Å². The number of amides is 2. The third kappa shape index (κ3) is 4.71. The molecule has 0 spiro atoms. The Balaban J connectivity index is 1.87. The van der Waals surface area contributed by atoms with Crippen LogP contribution in [0.3, 0.4) is 0 Å². The second-order valence-electron chi connectivity index (χ2n) is 4.92. The van der Waals surface area contributed by atoms with Crippen LogP contribution in [0.15, 0.2) is 36.9 Å². The molecule has 3 N–H and O–H groups in total. The molecule has 7 nitrogen and oxygen atoms in total. The number of nitrogens with one attached hydrogen (secondary N) is 2. The molecule has 0 aliphatic rings. The van der Waals surface area contributed by atoms with Crippen LogP contribution < -0.4 is 10.6 Å². The molecule has 0 aliphatic heterocycles. The number of rotatable bonds is 6. The number of benzene rings is 1. The van der Waals surface area contributed by atoms with Gasteiger partial charge in [0.2, 0.25) is 0 Å². The standard InChI is InChI=1S/C14H18ClN5O2/c1-10(6-20-9-16-8-17-20)18-14(22)19-13(7-21)11-2-4-12(15)5-3-11/h2-5,8-10,13,21H,6-7H2,1H3,(H2,18,19,22). The van der Waals surface area contributed by atoms with Crippen LogP contribution in [0.1, 0.15) is 18.5 Å². The molecule has 1 heterocycles. The van der Waals surface area contributed by atoms with Crippen LogP contribution in [0.4, 0.5) is 4.79 Å². The predicted octanol–water partition coefficient (Wildman–Crippen LogP) is 1.35. The topological polar surface area (TPSA) is 92.1 Å². The molecule has 2 amide bonds. The van der Waals surface area contributed by atoms with Crippen molar-refractivity contribution < 1.29 is 9.90 Å². The van der Waals surface area contributed by atoms with Crippen LogP contribution in [0.2, 0.25) is 5.02 Å². The lowest BCUT2D eigenvalue weighted by atomic mass is 10.1. The molecule has 0 fully saturated rings. The molecule has 0 saturated heterocycles. The maximum absolute atomic E-state index is 12.0. The number of aromatic nitrogens is 3. The van der Waals surface area contributed by atoms with E-state index in [0.29, 0.717) is 11.6 Å². The number of aliphatic hydroxyl groups is 1. The van der Waals surface area contributed by atoms with E-state index in [1.165, 1.54) is 6.33 Å². The van der Waals surface area contributed by atoms with E-state index in [1.54, 1.807) is 35.3 Å². The van der Waals surface area contributed by atoms with Crippen molar-refractivity contribution in [3.8, 4) is 0 Å². The fourth-order valence-corrected chi connectivity index (χ4v) is 2.13. The highest BCUT2D eigenvalue weighted by molar-refractivity contribution is 6.30. The first kappa shape index (κ1) is 16.3. The van der Waals surface area contributed by atoms with Crippen molar-refractivity contribution in [3.63, 3.8) is 0 Å². The third-order valence-corrected chi connectivity index (χ3v) is 3.32. The molecule has 118 valence electrons. The average Bonchev–Trinajstić information content (AvgIpc) is 2.98. The second-order valence-corrected chi connectivity index (χ2v) is 5.36. The van der Waals surface area contributed by atoms with Gasteiger partial charge >= 0.3 is 6.03 Å². The predicted molar refractivity (Wildman–Crippen MR) is 82.4 cm³/mol. The summed E-state index contributed by atoms with van der Waals surface area (Å²) in [5.41, 5.74) is 0.783. The lowest BCUT2D eigenvalue weighted by Gasteiger charge is -2.20. The highest BCUT2D eigenvalue weighted by atomic mass is 35.5. The summed E-state index contributed by atoms with van der Waals surface area (Å²) in [6.45, 7) is 2.17. The molecule has 0 aliphatic carbocycles. The van der Waals surface area contributed by atoms with Crippen molar-refractivity contribution in [1.29, 1.82) is 0 Å². The van der Waals surface area contributed by atoms with Crippen LogP contribution in [0.5, 0.6) is 0 Å². The van der Waals surface area contributed by atoms with Gasteiger partial charge in [-0.15, -0.1) is 0 Å². The number of urea groups is 1. The van der Waals surface area contributed by atoms with Crippen molar-refractivity contribution >= 4 is 17.6 Å². The molecule has 8 heteroatoms. The molecule has 22 heavy (non-hydrogen) atoms. The molecule has 1 aromatic heterocycles. The number of hydrogen-bond acceptors (Lipinski definition) is 4. The lowest BCUT2D eigenvalue weighted by molar-refractivity contribution is 0.213. The quantitative estimate of drug-likeness (QED) is 0.748. The molecule has 2 rings (SSSR count). The summed E-state index contributed by atoms with van der Waals surface area (Å²) in [4.78, 5) is 15.8. The fraction of sp³-hybridized carbons (Fsp3) is 0.357. The van der Waals surface area contributed by atoms with E-state index in [4.69, 9.17) is 11.6 Å². The van der Waals surface area contributed by atoms with Crippen LogP contribution in [-0.2, 0) is 6.54 Å². The van der Waals surface area contributed by atoms with Gasteiger partial charge in [-0.3, -0.25) is 4.68 Å². The van der Waals surface area contributed by atoms with Crippen molar-refractivity contribution in [2.45, 2.75) is 25.6 Å². The summed E-state index contributed by atoms with van der Waals surface area (Å²) in [6, 6.07) is 5.98. The summed E-state index contributed by atoms with van der Waals surface area (Å²) in [7, 11) is 0. The molecule has 2 unspecified atom stereocenters. The molecule has 0 bridgehead atoms. The van der Waals surface area contributed by atoms with E-state index in [-0.39, 0.29) is 18.7 Å². The second kappa shape index (κ2) is 7.77. The number of nitrogens with zero attached hydrogens (tertiary/aromatic N) is 3. The molecule has 0 radical (unpaired) electrons. The number of carbonyl (C=O) groups is 1. The van der Waals surface area contributed by atoms with Gasteiger partial charge in [-0.05, 0) is 24.6 Å². The fourth-order valence-electron chi connectivity index (χ4n) is 2.01. The Morgan fingerprint density at radius 3 is 2.68 bits per heavy atom. The normalized spacial score (nSPS) is 13.4. The molecule has 2 aromatic rings. The molecular weight excluding hydrogens is 306 g/mol. The van der Waals surface area contributed by atoms with E-state index in [9.17, 15) is 9.90 Å². The Bertz CT molecular complexity index is 588. The van der Waals surface area contributed by atoms with E-state index >= 15 is 0 Å². The largest absolute Gasteiger partial charge is 0.394 e. The van der Waals surface area contributed by atoms with Crippen molar-refractivity contribution in [2.75, 3.05) is 6.61 Å².